The highest BCUT2D eigenvalue weighted by Gasteiger charge is 2.19. The van der Waals surface area contributed by atoms with E-state index in [0.29, 0.717) is 19.3 Å². The molecule has 0 aliphatic rings. The van der Waals surface area contributed by atoms with Crippen LogP contribution in [-0.2, 0) is 28.6 Å². The molecule has 0 saturated carbocycles. The number of ether oxygens (including phenoxy) is 3. The summed E-state index contributed by atoms with van der Waals surface area (Å²) in [5.74, 6) is -0.949. The molecule has 1 atom stereocenters. The molecule has 0 bridgehead atoms. The van der Waals surface area contributed by atoms with Gasteiger partial charge in [0, 0.05) is 19.3 Å². The summed E-state index contributed by atoms with van der Waals surface area (Å²) >= 11 is 0. The van der Waals surface area contributed by atoms with Gasteiger partial charge in [-0.15, -0.1) is 0 Å². The zero-order valence-electron chi connectivity index (χ0n) is 52.0. The fourth-order valence-corrected chi connectivity index (χ4v) is 8.96. The highest BCUT2D eigenvalue weighted by molar-refractivity contribution is 5.71. The highest BCUT2D eigenvalue weighted by Crippen LogP contribution is 2.15. The monoisotopic (exact) mass is 1110 g/mol. The van der Waals surface area contributed by atoms with Crippen LogP contribution in [0.2, 0.25) is 0 Å². The van der Waals surface area contributed by atoms with Crippen LogP contribution in [0, 0.1) is 0 Å². The van der Waals surface area contributed by atoms with E-state index in [9.17, 15) is 14.4 Å². The van der Waals surface area contributed by atoms with Crippen molar-refractivity contribution in [3.8, 4) is 0 Å². The van der Waals surface area contributed by atoms with Crippen molar-refractivity contribution in [2.24, 2.45) is 0 Å². The molecule has 0 N–H and O–H groups in total. The largest absolute Gasteiger partial charge is 0.462 e. The molecule has 0 rings (SSSR count). The number of carbonyl (C=O) groups is 3. The van der Waals surface area contributed by atoms with E-state index in [1.165, 1.54) is 135 Å². The fourth-order valence-electron chi connectivity index (χ4n) is 8.96. The van der Waals surface area contributed by atoms with Gasteiger partial charge in [0.25, 0.3) is 0 Å². The van der Waals surface area contributed by atoms with E-state index in [1.54, 1.807) is 0 Å². The first-order valence-corrected chi connectivity index (χ1v) is 33.2. The molecule has 0 radical (unpaired) electrons. The minimum atomic E-state index is -0.811. The number of esters is 3. The predicted molar refractivity (Wildman–Crippen MR) is 348 cm³/mol. The van der Waals surface area contributed by atoms with E-state index in [2.05, 4.69) is 154 Å². The average molecular weight is 1110 g/mol. The Morgan fingerprint density at radius 2 is 0.487 bits per heavy atom. The number of allylic oxidation sites excluding steroid dienone is 22. The topological polar surface area (TPSA) is 78.9 Å². The van der Waals surface area contributed by atoms with Crippen LogP contribution in [0.3, 0.4) is 0 Å². The van der Waals surface area contributed by atoms with Crippen molar-refractivity contribution >= 4 is 17.9 Å². The maximum absolute atomic E-state index is 12.9. The van der Waals surface area contributed by atoms with Crippen molar-refractivity contribution in [3.63, 3.8) is 0 Å². The standard InChI is InChI=1S/C74H122O6/c1-4-7-10-13-16-19-22-25-28-31-34-36-37-39-40-43-46-49-52-55-58-61-64-67-73(76)79-70-71(69-78-72(75)66-63-60-57-54-51-48-45-42-33-30-27-24-21-18-15-12-9-6-3)80-74(77)68-65-62-59-56-53-50-47-44-41-38-35-32-29-26-23-20-17-14-11-8-5-2/h7-8,10-11,16-17,19-20,25-26,28-30,33-36,38,44,47,53,56,71H,4-6,9,12-15,18,21-24,27,31-32,37,39-43,45-46,48-52,54-55,57-70H2,1-3H3/b10-7-,11-8-,19-16-,20-17-,28-25-,29-26-,33-30-,36-34-,38-35-,47-44-,56-53-. The predicted octanol–water partition coefficient (Wildman–Crippen LogP) is 22.9. The number of rotatable bonds is 59. The lowest BCUT2D eigenvalue weighted by atomic mass is 10.1. The van der Waals surface area contributed by atoms with E-state index in [0.717, 1.165) is 116 Å². The van der Waals surface area contributed by atoms with Gasteiger partial charge in [0.1, 0.15) is 13.2 Å². The third-order valence-corrected chi connectivity index (χ3v) is 13.9. The number of carbonyl (C=O) groups excluding carboxylic acids is 3. The van der Waals surface area contributed by atoms with Crippen LogP contribution in [-0.4, -0.2) is 37.2 Å². The van der Waals surface area contributed by atoms with Gasteiger partial charge in [-0.1, -0.05) is 276 Å². The molecule has 6 heteroatoms. The molecule has 0 spiro atoms. The van der Waals surface area contributed by atoms with Gasteiger partial charge in [-0.2, -0.15) is 0 Å². The van der Waals surface area contributed by atoms with E-state index in [4.69, 9.17) is 14.2 Å². The Labute approximate surface area is 494 Å². The lowest BCUT2D eigenvalue weighted by Gasteiger charge is -2.18. The van der Waals surface area contributed by atoms with E-state index < -0.39 is 6.10 Å². The summed E-state index contributed by atoms with van der Waals surface area (Å²) in [6.07, 6.45) is 94.6. The van der Waals surface area contributed by atoms with Crippen molar-refractivity contribution in [2.75, 3.05) is 13.2 Å². The fraction of sp³-hybridized carbons (Fsp3) is 0.662. The number of hydrogen-bond donors (Lipinski definition) is 0. The van der Waals surface area contributed by atoms with Crippen LogP contribution < -0.4 is 0 Å². The summed E-state index contributed by atoms with van der Waals surface area (Å²) in [7, 11) is 0. The van der Waals surface area contributed by atoms with Crippen LogP contribution in [0.5, 0.6) is 0 Å². The van der Waals surface area contributed by atoms with Crippen LogP contribution in [0.1, 0.15) is 297 Å². The van der Waals surface area contributed by atoms with Crippen LogP contribution in [0.4, 0.5) is 0 Å². The minimum absolute atomic E-state index is 0.102. The summed E-state index contributed by atoms with van der Waals surface area (Å²) in [5, 5.41) is 0. The normalized spacial score (nSPS) is 13.0. The zero-order valence-corrected chi connectivity index (χ0v) is 52.0. The average Bonchev–Trinajstić information content (AvgIpc) is 3.46. The second-order valence-corrected chi connectivity index (χ2v) is 21.6. The van der Waals surface area contributed by atoms with E-state index in [-0.39, 0.29) is 37.5 Å². The Hall–Kier alpha value is -4.45. The molecule has 0 aromatic rings. The molecule has 80 heavy (non-hydrogen) atoms. The van der Waals surface area contributed by atoms with Crippen LogP contribution >= 0.6 is 0 Å². The van der Waals surface area contributed by atoms with E-state index >= 15 is 0 Å². The first-order chi connectivity index (χ1) is 39.5. The van der Waals surface area contributed by atoms with Gasteiger partial charge in [0.05, 0.1) is 0 Å². The van der Waals surface area contributed by atoms with E-state index in [1.807, 2.05) is 0 Å². The molecule has 0 aromatic heterocycles. The molecule has 0 fully saturated rings. The molecule has 0 saturated heterocycles. The van der Waals surface area contributed by atoms with Gasteiger partial charge in [-0.05, 0) is 135 Å². The Morgan fingerprint density at radius 3 is 0.800 bits per heavy atom. The first-order valence-electron chi connectivity index (χ1n) is 33.2. The quantitative estimate of drug-likeness (QED) is 0.0261. The number of hydrogen-bond acceptors (Lipinski definition) is 6. The zero-order chi connectivity index (χ0) is 57.8. The maximum Gasteiger partial charge on any atom is 0.306 e. The summed E-state index contributed by atoms with van der Waals surface area (Å²) in [4.78, 5) is 38.4. The van der Waals surface area contributed by atoms with Crippen molar-refractivity contribution in [2.45, 2.75) is 303 Å². The smallest absolute Gasteiger partial charge is 0.306 e. The summed E-state index contributed by atoms with van der Waals surface area (Å²) < 4.78 is 16.9. The number of unbranched alkanes of at least 4 members (excludes halogenated alkanes) is 26. The summed E-state index contributed by atoms with van der Waals surface area (Å²) in [6.45, 7) is 6.39. The third-order valence-electron chi connectivity index (χ3n) is 13.9. The van der Waals surface area contributed by atoms with Crippen molar-refractivity contribution in [1.82, 2.24) is 0 Å². The van der Waals surface area contributed by atoms with Crippen molar-refractivity contribution in [3.05, 3.63) is 134 Å². The Kier molecular flexibility index (Phi) is 63.3. The van der Waals surface area contributed by atoms with Crippen molar-refractivity contribution in [1.29, 1.82) is 0 Å². The molecular weight excluding hydrogens is 985 g/mol. The van der Waals surface area contributed by atoms with Gasteiger partial charge in [0.2, 0.25) is 0 Å². The van der Waals surface area contributed by atoms with Crippen molar-refractivity contribution < 1.29 is 28.6 Å². The highest BCUT2D eigenvalue weighted by atomic mass is 16.6. The first kappa shape index (κ1) is 75.5. The molecular formula is C74H122O6. The van der Waals surface area contributed by atoms with Gasteiger partial charge in [-0.25, -0.2) is 0 Å². The lowest BCUT2D eigenvalue weighted by Crippen LogP contribution is -2.30. The maximum atomic E-state index is 12.9. The third kappa shape index (κ3) is 64.4. The van der Waals surface area contributed by atoms with Gasteiger partial charge in [0.15, 0.2) is 6.10 Å². The Bertz CT molecular complexity index is 1700. The molecule has 0 heterocycles. The minimum Gasteiger partial charge on any atom is -0.462 e. The van der Waals surface area contributed by atoms with Gasteiger partial charge >= 0.3 is 17.9 Å². The molecule has 1 unspecified atom stereocenters. The van der Waals surface area contributed by atoms with Gasteiger partial charge in [-0.3, -0.25) is 14.4 Å². The molecule has 454 valence electrons. The SMILES string of the molecule is CC/C=C\C/C=C\C/C=C\C/C=C\C/C=C\C/C=C\CCCCC(=O)OC(COC(=O)CCCCCCCCC/C=C\CCCCCCCCC)COC(=O)CCCCCCCCCCCC/C=C\C/C=C\C/C=C\C/C=C\CC. The molecule has 0 aromatic carbocycles. The summed E-state index contributed by atoms with van der Waals surface area (Å²) in [5.41, 5.74) is 0. The van der Waals surface area contributed by atoms with Crippen LogP contribution in [0.15, 0.2) is 134 Å². The second kappa shape index (κ2) is 67.1. The van der Waals surface area contributed by atoms with Crippen LogP contribution in [0.25, 0.3) is 0 Å². The van der Waals surface area contributed by atoms with Gasteiger partial charge < -0.3 is 14.2 Å². The summed E-state index contributed by atoms with van der Waals surface area (Å²) in [6, 6.07) is 0. The second-order valence-electron chi connectivity index (χ2n) is 21.6. The Balaban J connectivity index is 4.48. The molecule has 6 nitrogen and oxygen atoms in total. The molecule has 0 amide bonds. The molecule has 0 aliphatic heterocycles. The molecule has 0 aliphatic carbocycles. The Morgan fingerprint density at radius 1 is 0.263 bits per heavy atom. The lowest BCUT2D eigenvalue weighted by molar-refractivity contribution is -0.167.